The summed E-state index contributed by atoms with van der Waals surface area (Å²) in [4.78, 5) is 10.6. The summed E-state index contributed by atoms with van der Waals surface area (Å²) in [5.74, 6) is 0.0192. The van der Waals surface area contributed by atoms with Gasteiger partial charge in [0.1, 0.15) is 6.29 Å². The van der Waals surface area contributed by atoms with Crippen LogP contribution in [0.4, 0.5) is 0 Å². The molecule has 0 aliphatic carbocycles. The molecule has 1 aromatic carbocycles. The fraction of sp³-hybridized carbons (Fsp3) is 0.417. The average molecular weight is 206 g/mol. The minimum absolute atomic E-state index is 0.0192. The number of rotatable bonds is 3. The summed E-state index contributed by atoms with van der Waals surface area (Å²) in [5.41, 5.74) is 1.11. The third kappa shape index (κ3) is 2.55. The highest BCUT2D eigenvalue weighted by Crippen LogP contribution is 2.12. The molecule has 0 amide bonds. The number of hydrogen-bond donors (Lipinski definition) is 0. The van der Waals surface area contributed by atoms with E-state index in [0.29, 0.717) is 0 Å². The van der Waals surface area contributed by atoms with E-state index >= 15 is 0 Å². The molecule has 1 rings (SSSR count). The normalized spacial score (nSPS) is 13.7. The summed E-state index contributed by atoms with van der Waals surface area (Å²) in [5, 5.41) is 1.44. The Morgan fingerprint density at radius 2 is 1.64 bits per heavy atom. The SMILES string of the molecule is CC(C=O)c1ccc([Si](C)(C)C)cc1. The van der Waals surface area contributed by atoms with Crippen molar-refractivity contribution in [3.05, 3.63) is 29.8 Å². The molecule has 0 radical (unpaired) electrons. The van der Waals surface area contributed by atoms with Gasteiger partial charge in [0.2, 0.25) is 0 Å². The largest absolute Gasteiger partial charge is 0.303 e. The van der Waals surface area contributed by atoms with Crippen molar-refractivity contribution in [2.45, 2.75) is 32.5 Å². The Balaban J connectivity index is 2.95. The average Bonchev–Trinajstić information content (AvgIpc) is 2.15. The van der Waals surface area contributed by atoms with E-state index in [-0.39, 0.29) is 5.92 Å². The highest BCUT2D eigenvalue weighted by Gasteiger charge is 2.16. The van der Waals surface area contributed by atoms with Crippen molar-refractivity contribution in [2.75, 3.05) is 0 Å². The molecular weight excluding hydrogens is 188 g/mol. The first kappa shape index (κ1) is 11.2. The highest BCUT2D eigenvalue weighted by atomic mass is 28.3. The topological polar surface area (TPSA) is 17.1 Å². The van der Waals surface area contributed by atoms with E-state index in [1.165, 1.54) is 5.19 Å². The molecule has 0 aliphatic rings. The molecule has 2 heteroatoms. The van der Waals surface area contributed by atoms with Gasteiger partial charge in [-0.2, -0.15) is 0 Å². The quantitative estimate of drug-likeness (QED) is 0.548. The van der Waals surface area contributed by atoms with Crippen molar-refractivity contribution in [2.24, 2.45) is 0 Å². The zero-order valence-electron chi connectivity index (χ0n) is 9.37. The van der Waals surface area contributed by atoms with Gasteiger partial charge >= 0.3 is 0 Å². The van der Waals surface area contributed by atoms with Crippen molar-refractivity contribution < 1.29 is 4.79 Å². The van der Waals surface area contributed by atoms with Crippen LogP contribution in [0.15, 0.2) is 24.3 Å². The smallest absolute Gasteiger partial charge is 0.127 e. The van der Waals surface area contributed by atoms with Crippen molar-refractivity contribution in [3.63, 3.8) is 0 Å². The maximum atomic E-state index is 10.6. The van der Waals surface area contributed by atoms with E-state index in [1.54, 1.807) is 0 Å². The number of carbonyl (C=O) groups is 1. The third-order valence-electron chi connectivity index (χ3n) is 2.51. The lowest BCUT2D eigenvalue weighted by molar-refractivity contribution is -0.108. The van der Waals surface area contributed by atoms with Gasteiger partial charge in [0.25, 0.3) is 0 Å². The van der Waals surface area contributed by atoms with Crippen molar-refractivity contribution >= 4 is 19.5 Å². The molecular formula is C12H18OSi. The molecule has 76 valence electrons. The van der Waals surface area contributed by atoms with E-state index in [0.717, 1.165) is 11.8 Å². The highest BCUT2D eigenvalue weighted by molar-refractivity contribution is 6.88. The molecule has 0 aromatic heterocycles. The fourth-order valence-corrected chi connectivity index (χ4v) is 2.53. The summed E-state index contributed by atoms with van der Waals surface area (Å²) in [6, 6.07) is 8.49. The second-order valence-corrected chi connectivity index (χ2v) is 9.87. The standard InChI is InChI=1S/C12H18OSi/c1-10(9-13)11-5-7-12(8-6-11)14(2,3)4/h5-10H,1-4H3. The lowest BCUT2D eigenvalue weighted by Gasteiger charge is -2.17. The van der Waals surface area contributed by atoms with Crippen LogP contribution in [0.2, 0.25) is 19.6 Å². The van der Waals surface area contributed by atoms with E-state index in [2.05, 4.69) is 43.9 Å². The number of benzene rings is 1. The van der Waals surface area contributed by atoms with Gasteiger partial charge in [-0.15, -0.1) is 0 Å². The summed E-state index contributed by atoms with van der Waals surface area (Å²) < 4.78 is 0. The first-order valence-electron chi connectivity index (χ1n) is 5.01. The Bertz CT molecular complexity index is 308. The summed E-state index contributed by atoms with van der Waals surface area (Å²) in [6.45, 7) is 8.90. The minimum atomic E-state index is -1.19. The van der Waals surface area contributed by atoms with Gasteiger partial charge in [-0.1, -0.05) is 56.0 Å². The first-order valence-corrected chi connectivity index (χ1v) is 8.51. The molecule has 0 spiro atoms. The van der Waals surface area contributed by atoms with Gasteiger partial charge in [0.05, 0.1) is 8.07 Å². The predicted octanol–water partition coefficient (Wildman–Crippen LogP) is 2.53. The van der Waals surface area contributed by atoms with Crippen molar-refractivity contribution in [1.29, 1.82) is 0 Å². The third-order valence-corrected chi connectivity index (χ3v) is 4.57. The van der Waals surface area contributed by atoms with E-state index in [1.807, 2.05) is 6.92 Å². The molecule has 0 bridgehead atoms. The van der Waals surface area contributed by atoms with E-state index in [4.69, 9.17) is 0 Å². The van der Waals surface area contributed by atoms with Crippen molar-refractivity contribution in [3.8, 4) is 0 Å². The zero-order valence-corrected chi connectivity index (χ0v) is 10.4. The van der Waals surface area contributed by atoms with Crippen molar-refractivity contribution in [1.82, 2.24) is 0 Å². The van der Waals surface area contributed by atoms with Crippen LogP contribution in [-0.2, 0) is 4.79 Å². The van der Waals surface area contributed by atoms with Gasteiger partial charge < -0.3 is 4.79 Å². The Hall–Kier alpha value is -0.893. The minimum Gasteiger partial charge on any atom is -0.303 e. The second-order valence-electron chi connectivity index (χ2n) is 4.80. The van der Waals surface area contributed by atoms with Gasteiger partial charge in [0.15, 0.2) is 0 Å². The van der Waals surface area contributed by atoms with Crippen LogP contribution in [0.5, 0.6) is 0 Å². The lowest BCUT2D eigenvalue weighted by atomic mass is 10.0. The number of carbonyl (C=O) groups excluding carboxylic acids is 1. The Morgan fingerprint density at radius 1 is 1.14 bits per heavy atom. The predicted molar refractivity (Wildman–Crippen MR) is 63.9 cm³/mol. The molecule has 1 unspecified atom stereocenters. The van der Waals surface area contributed by atoms with Crippen LogP contribution in [0.25, 0.3) is 0 Å². The van der Waals surface area contributed by atoms with Gasteiger partial charge in [-0.3, -0.25) is 0 Å². The Kier molecular flexibility index (Phi) is 3.27. The van der Waals surface area contributed by atoms with Crippen LogP contribution in [0, 0.1) is 0 Å². The molecule has 0 saturated heterocycles. The number of aldehydes is 1. The first-order chi connectivity index (χ1) is 6.45. The van der Waals surface area contributed by atoms with Crippen LogP contribution in [0.1, 0.15) is 18.4 Å². The molecule has 0 N–H and O–H groups in total. The Morgan fingerprint density at radius 3 is 2.00 bits per heavy atom. The molecule has 0 aliphatic heterocycles. The second kappa shape index (κ2) is 4.09. The molecule has 1 atom stereocenters. The summed E-state index contributed by atoms with van der Waals surface area (Å²) >= 11 is 0. The lowest BCUT2D eigenvalue weighted by Crippen LogP contribution is -2.37. The molecule has 1 nitrogen and oxygen atoms in total. The van der Waals surface area contributed by atoms with Crippen LogP contribution in [-0.4, -0.2) is 14.4 Å². The maximum Gasteiger partial charge on any atom is 0.127 e. The van der Waals surface area contributed by atoms with Crippen LogP contribution >= 0.6 is 0 Å². The van der Waals surface area contributed by atoms with Gasteiger partial charge in [-0.25, -0.2) is 0 Å². The maximum absolute atomic E-state index is 10.6. The molecule has 0 saturated carbocycles. The molecule has 14 heavy (non-hydrogen) atoms. The summed E-state index contributed by atoms with van der Waals surface area (Å²) in [6.07, 6.45) is 0.990. The summed E-state index contributed by atoms with van der Waals surface area (Å²) in [7, 11) is -1.19. The zero-order chi connectivity index (χ0) is 10.8. The number of hydrogen-bond acceptors (Lipinski definition) is 1. The Labute approximate surface area is 87.2 Å². The molecule has 0 fully saturated rings. The van der Waals surface area contributed by atoms with Crippen LogP contribution in [0.3, 0.4) is 0 Å². The van der Waals surface area contributed by atoms with E-state index in [9.17, 15) is 4.79 Å². The van der Waals surface area contributed by atoms with Gasteiger partial charge in [-0.05, 0) is 5.56 Å². The molecule has 0 heterocycles. The monoisotopic (exact) mass is 206 g/mol. The molecule has 1 aromatic rings. The van der Waals surface area contributed by atoms with Gasteiger partial charge in [0, 0.05) is 5.92 Å². The fourth-order valence-electron chi connectivity index (χ4n) is 1.37. The van der Waals surface area contributed by atoms with Crippen LogP contribution < -0.4 is 5.19 Å². The van der Waals surface area contributed by atoms with E-state index < -0.39 is 8.07 Å².